The summed E-state index contributed by atoms with van der Waals surface area (Å²) < 4.78 is 46.1. The van der Waals surface area contributed by atoms with E-state index in [2.05, 4.69) is 10.2 Å². The van der Waals surface area contributed by atoms with Gasteiger partial charge in [-0.3, -0.25) is 9.59 Å². The highest BCUT2D eigenvalue weighted by Crippen LogP contribution is 2.44. The maximum Gasteiger partial charge on any atom is 0.407 e. The molecule has 1 N–H and O–H groups in total. The van der Waals surface area contributed by atoms with Crippen LogP contribution in [0.5, 0.6) is 0 Å². The van der Waals surface area contributed by atoms with Crippen molar-refractivity contribution >= 4 is 23.9 Å². The summed E-state index contributed by atoms with van der Waals surface area (Å²) in [6.45, 7) is -1.07. The van der Waals surface area contributed by atoms with Crippen LogP contribution in [0.25, 0.3) is 11.1 Å². The van der Waals surface area contributed by atoms with Crippen molar-refractivity contribution in [2.45, 2.75) is 18.5 Å². The Balaban J connectivity index is 1.17. The van der Waals surface area contributed by atoms with Gasteiger partial charge in [0.05, 0.1) is 23.5 Å². The van der Waals surface area contributed by atoms with E-state index in [0.29, 0.717) is 0 Å². The summed E-state index contributed by atoms with van der Waals surface area (Å²) in [5.74, 6) is -5.99. The Morgan fingerprint density at radius 1 is 0.821 bits per heavy atom. The molecule has 11 heteroatoms. The van der Waals surface area contributed by atoms with Crippen LogP contribution >= 0.6 is 0 Å². The predicted octanol–water partition coefficient (Wildman–Crippen LogP) is 4.85. The number of imide groups is 1. The largest absolute Gasteiger partial charge is 0.449 e. The lowest BCUT2D eigenvalue weighted by molar-refractivity contribution is -0.192. The summed E-state index contributed by atoms with van der Waals surface area (Å²) in [6.07, 6.45) is -7.21. The second-order valence-electron chi connectivity index (χ2n) is 9.06. The van der Waals surface area contributed by atoms with Crippen molar-refractivity contribution in [2.24, 2.45) is 5.92 Å². The van der Waals surface area contributed by atoms with Gasteiger partial charge in [0.25, 0.3) is 11.8 Å². The fourth-order valence-corrected chi connectivity index (χ4v) is 4.75. The van der Waals surface area contributed by atoms with E-state index in [-0.39, 0.29) is 28.7 Å². The van der Waals surface area contributed by atoms with E-state index in [9.17, 15) is 32.3 Å². The highest BCUT2D eigenvalue weighted by Gasteiger charge is 2.44. The molecule has 1 heterocycles. The minimum Gasteiger partial charge on any atom is -0.449 e. The van der Waals surface area contributed by atoms with Crippen molar-refractivity contribution in [3.05, 3.63) is 95.1 Å². The molecule has 8 nitrogen and oxygen atoms in total. The Morgan fingerprint density at radius 3 is 1.82 bits per heavy atom. The van der Waals surface area contributed by atoms with Crippen LogP contribution in [0.2, 0.25) is 0 Å². The van der Waals surface area contributed by atoms with Crippen molar-refractivity contribution in [3.8, 4) is 11.1 Å². The molecule has 0 fully saturated rings. The quantitative estimate of drug-likeness (QED) is 0.432. The second-order valence-corrected chi connectivity index (χ2v) is 9.06. The summed E-state index contributed by atoms with van der Waals surface area (Å²) in [6, 6.07) is 20.8. The molecule has 1 aliphatic carbocycles. The lowest BCUT2D eigenvalue weighted by atomic mass is 9.98. The highest BCUT2D eigenvalue weighted by molar-refractivity contribution is 6.20. The number of amides is 3. The number of ether oxygens (including phenoxy) is 1. The van der Waals surface area contributed by atoms with E-state index in [1.165, 1.54) is 24.3 Å². The maximum atomic E-state index is 13.6. The number of benzene rings is 3. The van der Waals surface area contributed by atoms with Crippen LogP contribution < -0.4 is 5.32 Å². The van der Waals surface area contributed by atoms with Gasteiger partial charge >= 0.3 is 18.2 Å². The van der Waals surface area contributed by atoms with Crippen molar-refractivity contribution in [1.82, 2.24) is 10.4 Å². The van der Waals surface area contributed by atoms with Crippen LogP contribution in [0.3, 0.4) is 0 Å². The Hall–Kier alpha value is -4.67. The Labute approximate surface area is 220 Å². The molecule has 0 spiro atoms. The lowest BCUT2D eigenvalue weighted by Crippen LogP contribution is -2.40. The number of alkyl halides is 3. The van der Waals surface area contributed by atoms with Gasteiger partial charge < -0.3 is 14.9 Å². The molecule has 1 aliphatic heterocycles. The smallest absolute Gasteiger partial charge is 0.407 e. The number of rotatable bonds is 7. The van der Waals surface area contributed by atoms with Crippen LogP contribution in [0.4, 0.5) is 18.0 Å². The summed E-state index contributed by atoms with van der Waals surface area (Å²) in [4.78, 5) is 53.9. The van der Waals surface area contributed by atoms with Crippen LogP contribution in [0.15, 0.2) is 72.8 Å². The van der Waals surface area contributed by atoms with Gasteiger partial charge in [-0.05, 0) is 34.4 Å². The normalized spacial score (nSPS) is 14.9. The number of hydrogen-bond acceptors (Lipinski definition) is 6. The second kappa shape index (κ2) is 10.2. The van der Waals surface area contributed by atoms with Crippen molar-refractivity contribution in [2.75, 3.05) is 13.2 Å². The molecule has 0 saturated carbocycles. The standard InChI is InChI=1S/C28H21F3N2O6/c29-28(30,31)16(13-24(34)39-33-25(35)21-11-5-6-12-22(21)26(33)36)14-32-27(37)38-15-23-19-9-3-1-7-17(19)18-8-2-4-10-20(18)23/h1-12,16,23H,13-15H2,(H,32,37). The third-order valence-electron chi connectivity index (χ3n) is 6.66. The van der Waals surface area contributed by atoms with Crippen LogP contribution in [0.1, 0.15) is 44.2 Å². The fraction of sp³-hybridized carbons (Fsp3) is 0.214. The Bertz CT molecular complexity index is 1390. The molecular formula is C28H21F3N2O6. The zero-order valence-corrected chi connectivity index (χ0v) is 20.2. The van der Waals surface area contributed by atoms with Crippen LogP contribution in [0, 0.1) is 5.92 Å². The van der Waals surface area contributed by atoms with Gasteiger partial charge in [0.2, 0.25) is 0 Å². The first kappa shape index (κ1) is 26.0. The zero-order chi connectivity index (χ0) is 27.7. The molecule has 200 valence electrons. The number of carbonyl (C=O) groups is 4. The molecule has 3 aromatic carbocycles. The molecule has 39 heavy (non-hydrogen) atoms. The minimum atomic E-state index is -4.89. The number of alkyl carbamates (subject to hydrolysis) is 1. The third kappa shape index (κ3) is 5.07. The predicted molar refractivity (Wildman–Crippen MR) is 130 cm³/mol. The number of nitrogens with zero attached hydrogens (tertiary/aromatic N) is 1. The van der Waals surface area contributed by atoms with Gasteiger partial charge in [-0.1, -0.05) is 65.7 Å². The van der Waals surface area contributed by atoms with Gasteiger partial charge in [-0.2, -0.15) is 13.2 Å². The van der Waals surface area contributed by atoms with Gasteiger partial charge in [0.15, 0.2) is 0 Å². The summed E-state index contributed by atoms with van der Waals surface area (Å²) in [7, 11) is 0. The van der Waals surface area contributed by atoms with E-state index in [1.807, 2.05) is 48.5 Å². The molecular weight excluding hydrogens is 517 g/mol. The molecule has 1 atom stereocenters. The zero-order valence-electron chi connectivity index (χ0n) is 20.2. The molecule has 3 aromatic rings. The maximum absolute atomic E-state index is 13.6. The van der Waals surface area contributed by atoms with Gasteiger partial charge in [0, 0.05) is 12.5 Å². The summed E-state index contributed by atoms with van der Waals surface area (Å²) in [5.41, 5.74) is 3.82. The summed E-state index contributed by atoms with van der Waals surface area (Å²) >= 11 is 0. The Kier molecular flexibility index (Phi) is 6.81. The summed E-state index contributed by atoms with van der Waals surface area (Å²) in [5, 5.41) is 2.19. The number of nitrogens with one attached hydrogen (secondary N) is 1. The lowest BCUT2D eigenvalue weighted by Gasteiger charge is -2.21. The molecule has 1 unspecified atom stereocenters. The SMILES string of the molecule is O=C(CC(CNC(=O)OCC1c2ccccc2-c2ccccc21)C(F)(F)F)ON1C(=O)c2ccccc2C1=O. The van der Waals surface area contributed by atoms with Gasteiger partial charge in [-0.25, -0.2) is 9.59 Å². The van der Waals surface area contributed by atoms with Crippen molar-refractivity contribution < 1.29 is 41.9 Å². The minimum absolute atomic E-state index is 0.0282. The van der Waals surface area contributed by atoms with Gasteiger partial charge in [0.1, 0.15) is 6.61 Å². The van der Waals surface area contributed by atoms with Gasteiger partial charge in [-0.15, -0.1) is 0 Å². The van der Waals surface area contributed by atoms with E-state index >= 15 is 0 Å². The number of carbonyl (C=O) groups excluding carboxylic acids is 4. The number of hydrogen-bond donors (Lipinski definition) is 1. The van der Waals surface area contributed by atoms with Crippen LogP contribution in [-0.2, 0) is 14.4 Å². The fourth-order valence-electron chi connectivity index (χ4n) is 4.75. The van der Waals surface area contributed by atoms with Crippen LogP contribution in [-0.4, -0.2) is 48.3 Å². The van der Waals surface area contributed by atoms with E-state index in [1.54, 1.807) is 0 Å². The molecule has 0 bridgehead atoms. The molecule has 0 aromatic heterocycles. The monoisotopic (exact) mass is 538 g/mol. The van der Waals surface area contributed by atoms with E-state index in [4.69, 9.17) is 4.74 Å². The molecule has 2 aliphatic rings. The number of hydroxylamine groups is 2. The number of fused-ring (bicyclic) bond motifs is 4. The average molecular weight is 538 g/mol. The van der Waals surface area contributed by atoms with E-state index < -0.39 is 48.9 Å². The van der Waals surface area contributed by atoms with Crippen molar-refractivity contribution in [3.63, 3.8) is 0 Å². The molecule has 0 saturated heterocycles. The molecule has 0 radical (unpaired) electrons. The highest BCUT2D eigenvalue weighted by atomic mass is 19.4. The molecule has 3 amide bonds. The first-order valence-electron chi connectivity index (χ1n) is 12.0. The Morgan fingerprint density at radius 2 is 1.31 bits per heavy atom. The van der Waals surface area contributed by atoms with Crippen molar-refractivity contribution in [1.29, 1.82) is 0 Å². The first-order chi connectivity index (χ1) is 18.6. The first-order valence-corrected chi connectivity index (χ1v) is 12.0. The molecule has 5 rings (SSSR count). The number of halogens is 3. The third-order valence-corrected chi connectivity index (χ3v) is 6.66. The average Bonchev–Trinajstić information content (AvgIpc) is 3.36. The topological polar surface area (TPSA) is 102 Å². The van der Waals surface area contributed by atoms with E-state index in [0.717, 1.165) is 22.3 Å².